The number of thiocarbonyl (C=S) groups is 1. The second-order valence-electron chi connectivity index (χ2n) is 7.04. The van der Waals surface area contributed by atoms with Crippen molar-refractivity contribution in [2.24, 2.45) is 0 Å². The van der Waals surface area contributed by atoms with Crippen LogP contribution in [0.25, 0.3) is 0 Å². The van der Waals surface area contributed by atoms with Gasteiger partial charge in [-0.2, -0.15) is 0 Å². The fraction of sp³-hybridized carbons (Fsp3) is 0.722. The maximum atomic E-state index is 5.93. The smallest absolute Gasteiger partial charge is 0.468 e. The van der Waals surface area contributed by atoms with E-state index in [1.165, 1.54) is 0 Å². The van der Waals surface area contributed by atoms with Crippen LogP contribution in [-0.4, -0.2) is 51.5 Å². The van der Waals surface area contributed by atoms with E-state index in [9.17, 15) is 0 Å². The summed E-state index contributed by atoms with van der Waals surface area (Å²) in [6.07, 6.45) is 2.67. The molecule has 0 saturated carbocycles. The maximum Gasteiger partial charge on any atom is 0.500 e. The van der Waals surface area contributed by atoms with Crippen molar-refractivity contribution in [3.63, 3.8) is 0 Å². The quantitative estimate of drug-likeness (QED) is 0.228. The lowest BCUT2D eigenvalue weighted by molar-refractivity contribution is 0.0712. The molecular formula is C18H35NO4S2Si2. The first-order chi connectivity index (χ1) is 12.8. The second-order valence-corrected chi connectivity index (χ2v) is 16.4. The molecule has 27 heavy (non-hydrogen) atoms. The summed E-state index contributed by atoms with van der Waals surface area (Å²) >= 11 is 7.49. The van der Waals surface area contributed by atoms with Crippen molar-refractivity contribution in [2.45, 2.75) is 59.4 Å². The Kier molecular flexibility index (Phi) is 11.4. The highest BCUT2D eigenvalue weighted by Crippen LogP contribution is 2.24. The molecule has 0 N–H and O–H groups in total. The summed E-state index contributed by atoms with van der Waals surface area (Å²) in [4.78, 5) is 0. The van der Waals surface area contributed by atoms with Crippen LogP contribution in [0.5, 0.6) is 0 Å². The van der Waals surface area contributed by atoms with Gasteiger partial charge in [0, 0.05) is 31.6 Å². The van der Waals surface area contributed by atoms with Gasteiger partial charge in [0.1, 0.15) is 18.3 Å². The molecule has 0 aromatic carbocycles. The zero-order chi connectivity index (χ0) is 20.3. The second kappa shape index (κ2) is 12.4. The van der Waals surface area contributed by atoms with Crippen LogP contribution in [0.4, 0.5) is 0 Å². The predicted octanol–water partition coefficient (Wildman–Crippen LogP) is 5.37. The van der Waals surface area contributed by atoms with Crippen molar-refractivity contribution in [3.05, 3.63) is 24.2 Å². The molecule has 0 aliphatic carbocycles. The van der Waals surface area contributed by atoms with E-state index in [2.05, 4.69) is 24.2 Å². The van der Waals surface area contributed by atoms with E-state index in [1.54, 1.807) is 18.0 Å². The highest BCUT2D eigenvalue weighted by molar-refractivity contribution is 8.23. The van der Waals surface area contributed by atoms with Crippen molar-refractivity contribution >= 4 is 45.3 Å². The average Bonchev–Trinajstić information content (AvgIpc) is 3.09. The Balaban J connectivity index is 2.59. The van der Waals surface area contributed by atoms with Gasteiger partial charge in [0.25, 0.3) is 0 Å². The Morgan fingerprint density at radius 1 is 1.11 bits per heavy atom. The SMILES string of the molecule is CCO[Si](CCCSC(=S)N(Cc1ccco1)[Si](C)(C)C)(OCC)OCC. The minimum atomic E-state index is -2.56. The molecule has 0 saturated heterocycles. The van der Waals surface area contributed by atoms with Crippen LogP contribution in [0.15, 0.2) is 22.8 Å². The Bertz CT molecular complexity index is 521. The van der Waals surface area contributed by atoms with Crippen LogP contribution in [0.3, 0.4) is 0 Å². The lowest BCUT2D eigenvalue weighted by atomic mass is 10.4. The van der Waals surface area contributed by atoms with Gasteiger partial charge in [0.15, 0.2) is 0 Å². The summed E-state index contributed by atoms with van der Waals surface area (Å²) in [5, 5.41) is 0. The minimum absolute atomic E-state index is 0.615. The average molecular weight is 450 g/mol. The van der Waals surface area contributed by atoms with Gasteiger partial charge in [0.2, 0.25) is 0 Å². The highest BCUT2D eigenvalue weighted by atomic mass is 32.2. The largest absolute Gasteiger partial charge is 0.500 e. The molecule has 1 rings (SSSR count). The van der Waals surface area contributed by atoms with Crippen molar-refractivity contribution in [3.8, 4) is 0 Å². The Morgan fingerprint density at radius 2 is 1.70 bits per heavy atom. The van der Waals surface area contributed by atoms with Crippen LogP contribution < -0.4 is 0 Å². The van der Waals surface area contributed by atoms with Crippen molar-refractivity contribution < 1.29 is 17.7 Å². The van der Waals surface area contributed by atoms with Gasteiger partial charge in [-0.25, -0.2) is 0 Å². The number of hydrogen-bond acceptors (Lipinski definition) is 6. The first-order valence-corrected chi connectivity index (χ1v) is 16.4. The summed E-state index contributed by atoms with van der Waals surface area (Å²) in [5.74, 6) is 1.88. The molecule has 5 nitrogen and oxygen atoms in total. The van der Waals surface area contributed by atoms with Crippen molar-refractivity contribution in [1.82, 2.24) is 4.57 Å². The third-order valence-electron chi connectivity index (χ3n) is 3.87. The summed E-state index contributed by atoms with van der Waals surface area (Å²) in [6.45, 7) is 15.5. The van der Waals surface area contributed by atoms with Crippen LogP contribution in [0.1, 0.15) is 33.0 Å². The summed E-state index contributed by atoms with van der Waals surface area (Å²) in [6, 6.07) is 4.75. The zero-order valence-electron chi connectivity index (χ0n) is 17.6. The molecule has 0 bridgehead atoms. The van der Waals surface area contributed by atoms with E-state index in [-0.39, 0.29) is 0 Å². The number of thioether (sulfide) groups is 1. The van der Waals surface area contributed by atoms with E-state index >= 15 is 0 Å². The summed E-state index contributed by atoms with van der Waals surface area (Å²) in [7, 11) is -4.15. The lowest BCUT2D eigenvalue weighted by Gasteiger charge is -2.35. The molecule has 9 heteroatoms. The van der Waals surface area contributed by atoms with Crippen LogP contribution in [0, 0.1) is 0 Å². The molecule has 156 valence electrons. The molecular weight excluding hydrogens is 415 g/mol. The molecule has 0 fully saturated rings. The summed E-state index contributed by atoms with van der Waals surface area (Å²) < 4.78 is 26.6. The molecule has 1 aromatic heterocycles. The van der Waals surface area contributed by atoms with Gasteiger partial charge in [0.05, 0.1) is 12.8 Å². The molecule has 0 atom stereocenters. The number of hydrogen-bond donors (Lipinski definition) is 0. The molecule has 0 aliphatic heterocycles. The zero-order valence-corrected chi connectivity index (χ0v) is 21.2. The number of nitrogens with zero attached hydrogens (tertiary/aromatic N) is 1. The molecule has 1 heterocycles. The minimum Gasteiger partial charge on any atom is -0.468 e. The van der Waals surface area contributed by atoms with Crippen molar-refractivity contribution in [2.75, 3.05) is 25.6 Å². The van der Waals surface area contributed by atoms with Gasteiger partial charge in [-0.1, -0.05) is 43.6 Å². The third kappa shape index (κ3) is 8.80. The highest BCUT2D eigenvalue weighted by Gasteiger charge is 2.39. The molecule has 0 unspecified atom stereocenters. The molecule has 0 amide bonds. The monoisotopic (exact) mass is 449 g/mol. The first kappa shape index (κ1) is 24.9. The van der Waals surface area contributed by atoms with Gasteiger partial charge < -0.3 is 22.3 Å². The first-order valence-electron chi connectivity index (χ1n) is 9.66. The van der Waals surface area contributed by atoms with E-state index in [0.29, 0.717) is 19.8 Å². The maximum absolute atomic E-state index is 5.93. The number of furan rings is 1. The standard InChI is InChI=1S/C18H35NO4S2Si2/c1-7-21-27(22-8-2,23-9-3)15-11-14-25-18(24)19(26(4,5)6)16-17-12-10-13-20-17/h10,12-13H,7-9,11,14-16H2,1-6H3. The fourth-order valence-corrected chi connectivity index (χ4v) is 9.54. The lowest BCUT2D eigenvalue weighted by Crippen LogP contribution is -2.47. The van der Waals surface area contributed by atoms with Gasteiger partial charge in [-0.15, -0.1) is 0 Å². The van der Waals surface area contributed by atoms with Gasteiger partial charge >= 0.3 is 8.80 Å². The topological polar surface area (TPSA) is 44.1 Å². The van der Waals surface area contributed by atoms with Gasteiger partial charge in [-0.05, 0) is 39.3 Å². The molecule has 0 aliphatic rings. The van der Waals surface area contributed by atoms with Crippen LogP contribution >= 0.6 is 24.0 Å². The molecule has 0 spiro atoms. The van der Waals surface area contributed by atoms with E-state index < -0.39 is 17.0 Å². The van der Waals surface area contributed by atoms with Crippen molar-refractivity contribution in [1.29, 1.82) is 0 Å². The van der Waals surface area contributed by atoms with E-state index in [0.717, 1.165) is 34.8 Å². The number of rotatable bonds is 13. The predicted molar refractivity (Wildman–Crippen MR) is 123 cm³/mol. The molecule has 1 aromatic rings. The fourth-order valence-electron chi connectivity index (χ4n) is 2.66. The summed E-state index contributed by atoms with van der Waals surface area (Å²) in [5.41, 5.74) is 0. The third-order valence-corrected chi connectivity index (χ3v) is 10.9. The van der Waals surface area contributed by atoms with E-state index in [1.807, 2.05) is 32.9 Å². The van der Waals surface area contributed by atoms with Crippen LogP contribution in [-0.2, 0) is 19.8 Å². The van der Waals surface area contributed by atoms with E-state index in [4.69, 9.17) is 29.9 Å². The van der Waals surface area contributed by atoms with Gasteiger partial charge in [-0.3, -0.25) is 0 Å². The molecule has 0 radical (unpaired) electrons. The normalized spacial score (nSPS) is 12.4. The van der Waals surface area contributed by atoms with Crippen LogP contribution in [0.2, 0.25) is 25.7 Å². The Hall–Kier alpha value is -0.166. The Morgan fingerprint density at radius 3 is 2.15 bits per heavy atom. The Labute approximate surface area is 176 Å².